The second kappa shape index (κ2) is 7.11. The Hall–Kier alpha value is -1.59. The van der Waals surface area contributed by atoms with Crippen molar-refractivity contribution in [2.45, 2.75) is 15.0 Å². The molecule has 1 aromatic carbocycles. The Kier molecular flexibility index (Phi) is 5.42. The van der Waals surface area contributed by atoms with Crippen LogP contribution in [0.4, 0.5) is 14.5 Å². The van der Waals surface area contributed by atoms with Gasteiger partial charge in [-0.15, -0.1) is 10.2 Å². The number of aromatic nitrogens is 2. The Morgan fingerprint density at radius 3 is 2.55 bits per heavy atom. The molecule has 0 atom stereocenters. The van der Waals surface area contributed by atoms with Gasteiger partial charge in [0, 0.05) is 5.69 Å². The first-order valence-corrected chi connectivity index (χ1v) is 9.11. The monoisotopic (exact) mass is 365 g/mol. The summed E-state index contributed by atoms with van der Waals surface area (Å²) in [5.74, 6) is -3.70. The molecule has 0 aliphatic rings. The maximum Gasteiger partial charge on any atom is 0.341 e. The second-order valence-corrected chi connectivity index (χ2v) is 7.84. The average molecular weight is 365 g/mol. The van der Waals surface area contributed by atoms with Crippen molar-refractivity contribution in [2.75, 3.05) is 11.1 Å². The summed E-state index contributed by atoms with van der Waals surface area (Å²) in [7, 11) is -4.63. The Morgan fingerprint density at radius 1 is 1.32 bits per heavy atom. The van der Waals surface area contributed by atoms with Crippen LogP contribution in [-0.2, 0) is 14.6 Å². The summed E-state index contributed by atoms with van der Waals surface area (Å²) in [6.45, 7) is 0. The number of amides is 1. The number of hydrogen-bond acceptors (Lipinski definition) is 7. The quantitative estimate of drug-likeness (QED) is 0.790. The summed E-state index contributed by atoms with van der Waals surface area (Å²) in [5, 5.41) is 9.92. The highest BCUT2D eigenvalue weighted by atomic mass is 32.2. The van der Waals surface area contributed by atoms with Gasteiger partial charge in [-0.05, 0) is 24.3 Å². The van der Waals surface area contributed by atoms with E-state index >= 15 is 0 Å². The molecule has 1 N–H and O–H groups in total. The molecule has 1 aromatic heterocycles. The highest BCUT2D eigenvalue weighted by Crippen LogP contribution is 2.21. The molecule has 0 aliphatic heterocycles. The molecule has 0 radical (unpaired) electrons. The molecule has 0 fully saturated rings. The first-order chi connectivity index (χ1) is 10.4. The number of hydrogen-bond donors (Lipinski definition) is 1. The van der Waals surface area contributed by atoms with Crippen LogP contribution in [0.15, 0.2) is 39.0 Å². The molecule has 0 spiro atoms. The molecule has 1 amide bonds. The lowest BCUT2D eigenvalue weighted by Crippen LogP contribution is -2.14. The van der Waals surface area contributed by atoms with Crippen LogP contribution >= 0.6 is 23.1 Å². The molecule has 0 bridgehead atoms. The van der Waals surface area contributed by atoms with E-state index < -0.39 is 20.5 Å². The molecule has 0 saturated heterocycles. The maximum atomic E-state index is 12.4. The van der Waals surface area contributed by atoms with Crippen LogP contribution in [0.5, 0.6) is 0 Å². The van der Waals surface area contributed by atoms with Gasteiger partial charge in [0.15, 0.2) is 4.34 Å². The molecule has 1 heterocycles. The third-order valence-electron chi connectivity index (χ3n) is 2.37. The Bertz CT molecular complexity index is 734. The summed E-state index contributed by atoms with van der Waals surface area (Å²) < 4.78 is 47.9. The lowest BCUT2D eigenvalue weighted by molar-refractivity contribution is -0.113. The average Bonchev–Trinajstić information content (AvgIpc) is 2.99. The van der Waals surface area contributed by atoms with Crippen molar-refractivity contribution in [1.29, 1.82) is 0 Å². The number of sulfone groups is 1. The fourth-order valence-electron chi connectivity index (χ4n) is 1.38. The number of carbonyl (C=O) groups excluding carboxylic acids is 1. The molecule has 2 rings (SSSR count). The van der Waals surface area contributed by atoms with E-state index in [1.807, 2.05) is 0 Å². The van der Waals surface area contributed by atoms with Crippen molar-refractivity contribution in [3.05, 3.63) is 29.8 Å². The number of nitrogens with one attached hydrogen (secondary N) is 1. The SMILES string of the molecule is O=C(CSc1nncs1)Nc1ccc(S(=O)(=O)C(F)F)cc1. The van der Waals surface area contributed by atoms with Crippen molar-refractivity contribution >= 4 is 44.5 Å². The van der Waals surface area contributed by atoms with Gasteiger partial charge < -0.3 is 5.32 Å². The third-order valence-corrected chi connectivity index (χ3v) is 5.63. The first-order valence-electron chi connectivity index (χ1n) is 5.70. The molecular weight excluding hydrogens is 356 g/mol. The van der Waals surface area contributed by atoms with Gasteiger partial charge in [-0.3, -0.25) is 4.79 Å². The summed E-state index contributed by atoms with van der Waals surface area (Å²) >= 11 is 2.51. The Labute approximate surface area is 132 Å². The number of nitrogens with zero attached hydrogens (tertiary/aromatic N) is 2. The van der Waals surface area contributed by atoms with Crippen LogP contribution in [0, 0.1) is 0 Å². The van der Waals surface area contributed by atoms with Crippen molar-refractivity contribution < 1.29 is 22.0 Å². The summed E-state index contributed by atoms with van der Waals surface area (Å²) in [5.41, 5.74) is 1.86. The van der Waals surface area contributed by atoms with Crippen LogP contribution in [0.3, 0.4) is 0 Å². The molecule has 0 saturated carbocycles. The topological polar surface area (TPSA) is 89.0 Å². The number of anilines is 1. The van der Waals surface area contributed by atoms with E-state index in [0.717, 1.165) is 12.1 Å². The van der Waals surface area contributed by atoms with E-state index in [2.05, 4.69) is 15.5 Å². The summed E-state index contributed by atoms with van der Waals surface area (Å²) in [6.07, 6.45) is 0. The van der Waals surface area contributed by atoms with E-state index in [-0.39, 0.29) is 11.7 Å². The van der Waals surface area contributed by atoms with Gasteiger partial charge in [-0.1, -0.05) is 23.1 Å². The Morgan fingerprint density at radius 2 is 2.00 bits per heavy atom. The zero-order valence-corrected chi connectivity index (χ0v) is 13.2. The van der Waals surface area contributed by atoms with Gasteiger partial charge in [-0.25, -0.2) is 8.42 Å². The van der Waals surface area contributed by atoms with Crippen LogP contribution in [0.1, 0.15) is 0 Å². The molecule has 2 aromatic rings. The smallest absolute Gasteiger partial charge is 0.325 e. The zero-order valence-electron chi connectivity index (χ0n) is 10.8. The minimum Gasteiger partial charge on any atom is -0.325 e. The number of thioether (sulfide) groups is 1. The number of carbonyl (C=O) groups is 1. The lowest BCUT2D eigenvalue weighted by Gasteiger charge is -2.06. The molecular formula is C11H9F2N3O3S3. The van der Waals surface area contributed by atoms with Gasteiger partial charge in [0.05, 0.1) is 10.6 Å². The highest BCUT2D eigenvalue weighted by Gasteiger charge is 2.26. The van der Waals surface area contributed by atoms with Crippen LogP contribution in [0.2, 0.25) is 0 Å². The van der Waals surface area contributed by atoms with E-state index in [4.69, 9.17) is 0 Å². The number of alkyl halides is 2. The minimum absolute atomic E-state index is 0.103. The number of rotatable bonds is 6. The van der Waals surface area contributed by atoms with E-state index in [9.17, 15) is 22.0 Å². The van der Waals surface area contributed by atoms with E-state index in [1.165, 1.54) is 35.2 Å². The standard InChI is InChI=1S/C11H9F2N3O3S3/c12-10(13)22(18,19)8-3-1-7(2-4-8)15-9(17)5-20-11-16-14-6-21-11/h1-4,6,10H,5H2,(H,15,17). The normalized spacial score (nSPS) is 11.6. The molecule has 22 heavy (non-hydrogen) atoms. The van der Waals surface area contributed by atoms with E-state index in [1.54, 1.807) is 5.51 Å². The fourth-order valence-corrected chi connectivity index (χ4v) is 3.39. The second-order valence-electron chi connectivity index (χ2n) is 3.87. The fraction of sp³-hybridized carbons (Fsp3) is 0.182. The first kappa shape index (κ1) is 16.8. The van der Waals surface area contributed by atoms with Crippen LogP contribution < -0.4 is 5.32 Å². The minimum atomic E-state index is -4.63. The maximum absolute atomic E-state index is 12.4. The predicted molar refractivity (Wildman–Crippen MR) is 78.9 cm³/mol. The van der Waals surface area contributed by atoms with Crippen LogP contribution in [0.25, 0.3) is 0 Å². The van der Waals surface area contributed by atoms with Crippen LogP contribution in [-0.4, -0.2) is 36.0 Å². The van der Waals surface area contributed by atoms with Gasteiger partial charge in [0.2, 0.25) is 15.7 Å². The van der Waals surface area contributed by atoms with E-state index in [0.29, 0.717) is 10.0 Å². The van der Waals surface area contributed by atoms with Gasteiger partial charge in [0.1, 0.15) is 5.51 Å². The highest BCUT2D eigenvalue weighted by molar-refractivity contribution is 8.01. The predicted octanol–water partition coefficient (Wildman–Crippen LogP) is 2.27. The number of halogens is 2. The number of benzene rings is 1. The van der Waals surface area contributed by atoms with Crippen molar-refractivity contribution in [3.63, 3.8) is 0 Å². The Balaban J connectivity index is 1.95. The van der Waals surface area contributed by atoms with Gasteiger partial charge >= 0.3 is 5.76 Å². The van der Waals surface area contributed by atoms with Gasteiger partial charge in [-0.2, -0.15) is 8.78 Å². The van der Waals surface area contributed by atoms with Crippen molar-refractivity contribution in [3.8, 4) is 0 Å². The van der Waals surface area contributed by atoms with Crippen molar-refractivity contribution in [2.24, 2.45) is 0 Å². The largest absolute Gasteiger partial charge is 0.341 e. The molecule has 6 nitrogen and oxygen atoms in total. The lowest BCUT2D eigenvalue weighted by atomic mass is 10.3. The summed E-state index contributed by atoms with van der Waals surface area (Å²) in [4.78, 5) is 11.2. The van der Waals surface area contributed by atoms with Crippen molar-refractivity contribution in [1.82, 2.24) is 10.2 Å². The molecule has 0 aliphatic carbocycles. The third kappa shape index (κ3) is 4.21. The zero-order chi connectivity index (χ0) is 16.2. The van der Waals surface area contributed by atoms with Gasteiger partial charge in [0.25, 0.3) is 0 Å². The molecule has 0 unspecified atom stereocenters. The molecule has 11 heteroatoms. The summed E-state index contributed by atoms with van der Waals surface area (Å²) in [6, 6.07) is 4.55. The molecule has 118 valence electrons.